The molecule has 0 saturated carbocycles. The molecule has 6 nitrogen and oxygen atoms in total. The molecule has 5 rings (SSSR count). The lowest BCUT2D eigenvalue weighted by Crippen LogP contribution is -2.24. The van der Waals surface area contributed by atoms with E-state index >= 15 is 0 Å². The van der Waals surface area contributed by atoms with Crippen LogP contribution in [0.25, 0.3) is 33.5 Å². The minimum absolute atomic E-state index is 0.187. The van der Waals surface area contributed by atoms with Crippen molar-refractivity contribution in [2.24, 2.45) is 0 Å². The first-order chi connectivity index (χ1) is 15.3. The Morgan fingerprint density at radius 3 is 2.26 bits per heavy atom. The number of carbonyl (C=O) groups excluding carboxylic acids is 1. The maximum absolute atomic E-state index is 13.1. The van der Waals surface area contributed by atoms with Crippen molar-refractivity contribution in [1.82, 2.24) is 25.5 Å². The Kier molecular flexibility index (Phi) is 4.94. The molecule has 0 aliphatic rings. The molecule has 1 amide bonds. The summed E-state index contributed by atoms with van der Waals surface area (Å²) in [7, 11) is 0. The van der Waals surface area contributed by atoms with E-state index in [9.17, 15) is 4.79 Å². The molecule has 5 aromatic rings. The van der Waals surface area contributed by atoms with E-state index < -0.39 is 0 Å². The topological polar surface area (TPSA) is 83.6 Å². The lowest BCUT2D eigenvalue weighted by atomic mass is 10.0. The number of carbonyl (C=O) groups is 1. The molecule has 0 saturated heterocycles. The number of hydrogen-bond acceptors (Lipinski definition) is 4. The summed E-state index contributed by atoms with van der Waals surface area (Å²) in [6.07, 6.45) is 0. The first-order valence-corrected chi connectivity index (χ1v) is 9.98. The third kappa shape index (κ3) is 3.91. The smallest absolute Gasteiger partial charge is 0.252 e. The van der Waals surface area contributed by atoms with Crippen LogP contribution in [-0.2, 0) is 6.54 Å². The standard InChI is InChI=1S/C25H19N5O/c31-25(26-16-23-28-24(30-29-23)18-11-5-2-6-12-18)20-15-22(17-9-3-1-4-10-17)27-21-14-8-7-13-19(20)21/h1-15H,16H2,(H,26,31)(H,28,29,30). The van der Waals surface area contributed by atoms with Gasteiger partial charge in [0.05, 0.1) is 23.3 Å². The van der Waals surface area contributed by atoms with E-state index in [0.29, 0.717) is 17.2 Å². The number of pyridine rings is 1. The predicted molar refractivity (Wildman–Crippen MR) is 120 cm³/mol. The van der Waals surface area contributed by atoms with Gasteiger partial charge in [0.2, 0.25) is 0 Å². The second kappa shape index (κ2) is 8.20. The highest BCUT2D eigenvalue weighted by Crippen LogP contribution is 2.25. The summed E-state index contributed by atoms with van der Waals surface area (Å²) in [4.78, 5) is 22.3. The zero-order chi connectivity index (χ0) is 21.0. The number of aromatic nitrogens is 4. The van der Waals surface area contributed by atoms with Gasteiger partial charge in [-0.3, -0.25) is 9.89 Å². The fourth-order valence-corrected chi connectivity index (χ4v) is 3.47. The molecule has 0 radical (unpaired) electrons. The Balaban J connectivity index is 1.41. The van der Waals surface area contributed by atoms with Gasteiger partial charge in [0.25, 0.3) is 5.91 Å². The van der Waals surface area contributed by atoms with Gasteiger partial charge in [-0.15, -0.1) is 0 Å². The summed E-state index contributed by atoms with van der Waals surface area (Å²) in [5.41, 5.74) is 4.00. The molecule has 2 N–H and O–H groups in total. The van der Waals surface area contributed by atoms with Crippen molar-refractivity contribution < 1.29 is 4.79 Å². The van der Waals surface area contributed by atoms with Crippen molar-refractivity contribution >= 4 is 16.8 Å². The lowest BCUT2D eigenvalue weighted by molar-refractivity contribution is 0.0951. The van der Waals surface area contributed by atoms with Gasteiger partial charge in [0.1, 0.15) is 5.82 Å². The molecule has 0 bridgehead atoms. The summed E-state index contributed by atoms with van der Waals surface area (Å²) in [6.45, 7) is 0.246. The van der Waals surface area contributed by atoms with Gasteiger partial charge in [-0.1, -0.05) is 78.9 Å². The van der Waals surface area contributed by atoms with E-state index in [1.807, 2.05) is 91.0 Å². The van der Waals surface area contributed by atoms with Crippen LogP contribution in [0.5, 0.6) is 0 Å². The molecular formula is C25H19N5O. The first-order valence-electron chi connectivity index (χ1n) is 9.98. The lowest BCUT2D eigenvalue weighted by Gasteiger charge is -2.10. The van der Waals surface area contributed by atoms with Gasteiger partial charge in [0.15, 0.2) is 5.82 Å². The van der Waals surface area contributed by atoms with Crippen molar-refractivity contribution in [2.45, 2.75) is 6.54 Å². The second-order valence-electron chi connectivity index (χ2n) is 7.09. The summed E-state index contributed by atoms with van der Waals surface area (Å²) >= 11 is 0. The number of nitrogens with one attached hydrogen (secondary N) is 2. The minimum atomic E-state index is -0.187. The Bertz CT molecular complexity index is 1350. The summed E-state index contributed by atoms with van der Waals surface area (Å²) < 4.78 is 0. The molecule has 0 spiro atoms. The number of aromatic amines is 1. The monoisotopic (exact) mass is 405 g/mol. The van der Waals surface area contributed by atoms with Crippen LogP contribution in [0.4, 0.5) is 0 Å². The molecule has 150 valence electrons. The van der Waals surface area contributed by atoms with Gasteiger partial charge in [-0.25, -0.2) is 9.97 Å². The molecule has 6 heteroatoms. The third-order valence-corrected chi connectivity index (χ3v) is 5.01. The molecule has 0 aliphatic carbocycles. The van der Waals surface area contributed by atoms with E-state index in [1.165, 1.54) is 0 Å². The molecule has 0 atom stereocenters. The van der Waals surface area contributed by atoms with Crippen LogP contribution in [0.1, 0.15) is 16.2 Å². The highest BCUT2D eigenvalue weighted by molar-refractivity contribution is 6.07. The molecule has 2 aromatic heterocycles. The van der Waals surface area contributed by atoms with Gasteiger partial charge in [-0.2, -0.15) is 5.10 Å². The maximum atomic E-state index is 13.1. The molecular weight excluding hydrogens is 386 g/mol. The number of fused-ring (bicyclic) bond motifs is 1. The molecule has 2 heterocycles. The zero-order valence-electron chi connectivity index (χ0n) is 16.6. The van der Waals surface area contributed by atoms with Crippen LogP contribution in [0.2, 0.25) is 0 Å². The number of hydrogen-bond donors (Lipinski definition) is 2. The van der Waals surface area contributed by atoms with Crippen molar-refractivity contribution in [3.8, 4) is 22.6 Å². The molecule has 0 unspecified atom stereocenters. The van der Waals surface area contributed by atoms with Crippen LogP contribution >= 0.6 is 0 Å². The predicted octanol–water partition coefficient (Wildman–Crippen LogP) is 4.62. The number of para-hydroxylation sites is 1. The third-order valence-electron chi connectivity index (χ3n) is 5.01. The van der Waals surface area contributed by atoms with Gasteiger partial charge in [0, 0.05) is 16.5 Å². The number of nitrogens with zero attached hydrogens (tertiary/aromatic N) is 3. The van der Waals surface area contributed by atoms with Crippen LogP contribution < -0.4 is 5.32 Å². The number of rotatable bonds is 5. The van der Waals surface area contributed by atoms with E-state index in [4.69, 9.17) is 4.98 Å². The Morgan fingerprint density at radius 2 is 1.48 bits per heavy atom. The summed E-state index contributed by atoms with van der Waals surface area (Å²) in [5.74, 6) is 1.01. The summed E-state index contributed by atoms with van der Waals surface area (Å²) in [6, 6.07) is 29.0. The first kappa shape index (κ1) is 18.7. The number of amides is 1. The molecule has 31 heavy (non-hydrogen) atoms. The number of benzene rings is 3. The zero-order valence-corrected chi connectivity index (χ0v) is 16.6. The van der Waals surface area contributed by atoms with Crippen molar-refractivity contribution in [3.05, 3.63) is 102 Å². The Labute approximate surface area is 179 Å². The van der Waals surface area contributed by atoms with Crippen LogP contribution in [0, 0.1) is 0 Å². The van der Waals surface area contributed by atoms with Crippen LogP contribution in [0.15, 0.2) is 91.0 Å². The van der Waals surface area contributed by atoms with Crippen molar-refractivity contribution in [3.63, 3.8) is 0 Å². The quantitative estimate of drug-likeness (QED) is 0.447. The van der Waals surface area contributed by atoms with Crippen LogP contribution in [-0.4, -0.2) is 26.1 Å². The Morgan fingerprint density at radius 1 is 0.806 bits per heavy atom. The molecule has 3 aromatic carbocycles. The average Bonchev–Trinajstić information content (AvgIpc) is 3.32. The average molecular weight is 405 g/mol. The van der Waals surface area contributed by atoms with Crippen molar-refractivity contribution in [1.29, 1.82) is 0 Å². The van der Waals surface area contributed by atoms with Crippen LogP contribution in [0.3, 0.4) is 0 Å². The largest absolute Gasteiger partial charge is 0.345 e. The Hall–Kier alpha value is -4.32. The fraction of sp³-hybridized carbons (Fsp3) is 0.0400. The van der Waals surface area contributed by atoms with Gasteiger partial charge in [-0.05, 0) is 12.1 Å². The van der Waals surface area contributed by atoms with E-state index in [2.05, 4.69) is 20.5 Å². The maximum Gasteiger partial charge on any atom is 0.252 e. The van der Waals surface area contributed by atoms with Crippen molar-refractivity contribution in [2.75, 3.05) is 0 Å². The summed E-state index contributed by atoms with van der Waals surface area (Å²) in [5, 5.41) is 10.9. The van der Waals surface area contributed by atoms with Gasteiger partial charge < -0.3 is 5.32 Å². The fourth-order valence-electron chi connectivity index (χ4n) is 3.47. The highest BCUT2D eigenvalue weighted by Gasteiger charge is 2.14. The SMILES string of the molecule is O=C(NCc1nc(-c2ccccc2)n[nH]1)c1cc(-c2ccccc2)nc2ccccc12. The van der Waals surface area contributed by atoms with E-state index in [0.717, 1.165) is 27.7 Å². The normalized spacial score (nSPS) is 10.8. The van der Waals surface area contributed by atoms with E-state index in [1.54, 1.807) is 0 Å². The molecule has 0 aliphatic heterocycles. The molecule has 0 fully saturated rings. The van der Waals surface area contributed by atoms with E-state index in [-0.39, 0.29) is 12.5 Å². The van der Waals surface area contributed by atoms with Gasteiger partial charge >= 0.3 is 0 Å². The second-order valence-corrected chi connectivity index (χ2v) is 7.09. The minimum Gasteiger partial charge on any atom is -0.345 e. The number of H-pyrrole nitrogens is 1. The highest BCUT2D eigenvalue weighted by atomic mass is 16.1.